The smallest absolute Gasteiger partial charge is 0.214 e. The van der Waals surface area contributed by atoms with Crippen LogP contribution in [-0.2, 0) is 23.0 Å². The molecule has 0 spiro atoms. The van der Waals surface area contributed by atoms with Crippen LogP contribution in [0.25, 0.3) is 0 Å². The Morgan fingerprint density at radius 1 is 1.41 bits per heavy atom. The van der Waals surface area contributed by atoms with E-state index in [1.54, 1.807) is 0 Å². The van der Waals surface area contributed by atoms with E-state index in [2.05, 4.69) is 14.3 Å². The molecule has 1 unspecified atom stereocenters. The van der Waals surface area contributed by atoms with E-state index < -0.39 is 10.0 Å². The van der Waals surface area contributed by atoms with Gasteiger partial charge in [-0.25, -0.2) is 18.1 Å². The molecule has 6 heteroatoms. The third kappa shape index (κ3) is 2.37. The molecule has 1 aromatic heterocycles. The minimum Gasteiger partial charge on any atom is -0.335 e. The van der Waals surface area contributed by atoms with Gasteiger partial charge in [-0.1, -0.05) is 0 Å². The molecule has 0 aromatic carbocycles. The first-order valence-electron chi connectivity index (χ1n) is 6.13. The molecule has 17 heavy (non-hydrogen) atoms. The maximum atomic E-state index is 11.7. The van der Waals surface area contributed by atoms with Crippen LogP contribution in [0.2, 0.25) is 0 Å². The lowest BCUT2D eigenvalue weighted by atomic mass is 9.98. The highest BCUT2D eigenvalue weighted by Crippen LogP contribution is 2.27. The van der Waals surface area contributed by atoms with Crippen LogP contribution in [0.5, 0.6) is 0 Å². The molecular weight excluding hydrogens is 238 g/mol. The number of hydrogen-bond acceptors (Lipinski definition) is 3. The lowest BCUT2D eigenvalue weighted by molar-refractivity contribution is 0.379. The number of rotatable bonds is 4. The fourth-order valence-corrected chi connectivity index (χ4v) is 3.78. The number of nitrogens with one attached hydrogen (secondary N) is 1. The lowest BCUT2D eigenvalue weighted by Crippen LogP contribution is -2.34. The van der Waals surface area contributed by atoms with Gasteiger partial charge in [0, 0.05) is 31.9 Å². The molecule has 2 aliphatic rings. The second kappa shape index (κ2) is 4.10. The molecule has 1 aliphatic carbocycles. The predicted octanol–water partition coefficient (Wildman–Crippen LogP) is 0.527. The van der Waals surface area contributed by atoms with Gasteiger partial charge in [0.25, 0.3) is 0 Å². The molecule has 5 nitrogen and oxygen atoms in total. The van der Waals surface area contributed by atoms with Crippen LogP contribution in [0.1, 0.15) is 25.1 Å². The normalized spacial score (nSPS) is 24.6. The van der Waals surface area contributed by atoms with Crippen LogP contribution in [0, 0.1) is 5.92 Å². The summed E-state index contributed by atoms with van der Waals surface area (Å²) in [6.07, 6.45) is 7.34. The third-order valence-corrected chi connectivity index (χ3v) is 5.51. The van der Waals surface area contributed by atoms with Crippen molar-refractivity contribution in [2.75, 3.05) is 6.54 Å². The van der Waals surface area contributed by atoms with Crippen molar-refractivity contribution in [2.24, 2.45) is 5.92 Å². The highest BCUT2D eigenvalue weighted by atomic mass is 32.2. The number of hydrogen-bond donors (Lipinski definition) is 1. The van der Waals surface area contributed by atoms with Gasteiger partial charge in [-0.3, -0.25) is 0 Å². The Labute approximate surface area is 101 Å². The second-order valence-corrected chi connectivity index (χ2v) is 7.03. The maximum absolute atomic E-state index is 11.7. The van der Waals surface area contributed by atoms with Crippen LogP contribution in [-0.4, -0.2) is 29.8 Å². The topological polar surface area (TPSA) is 64.0 Å². The number of nitrogens with zero attached hydrogens (tertiary/aromatic N) is 2. The average Bonchev–Trinajstić information content (AvgIpc) is 3.07. The molecule has 1 saturated carbocycles. The van der Waals surface area contributed by atoms with Gasteiger partial charge in [0.2, 0.25) is 10.0 Å². The van der Waals surface area contributed by atoms with E-state index >= 15 is 0 Å². The molecule has 0 radical (unpaired) electrons. The number of aromatic nitrogens is 2. The van der Waals surface area contributed by atoms with Crippen molar-refractivity contribution >= 4 is 10.0 Å². The van der Waals surface area contributed by atoms with E-state index in [1.807, 2.05) is 12.4 Å². The van der Waals surface area contributed by atoms with E-state index in [0.29, 0.717) is 12.5 Å². The zero-order valence-corrected chi connectivity index (χ0v) is 10.5. The zero-order chi connectivity index (χ0) is 11.9. The highest BCUT2D eigenvalue weighted by molar-refractivity contribution is 7.90. The Hall–Kier alpha value is -0.880. The Balaban J connectivity index is 1.57. The van der Waals surface area contributed by atoms with Gasteiger partial charge in [0.1, 0.15) is 5.82 Å². The molecule has 1 fully saturated rings. The van der Waals surface area contributed by atoms with Gasteiger partial charge < -0.3 is 4.57 Å². The van der Waals surface area contributed by atoms with Crippen molar-refractivity contribution in [3.63, 3.8) is 0 Å². The van der Waals surface area contributed by atoms with Crippen LogP contribution >= 0.6 is 0 Å². The summed E-state index contributed by atoms with van der Waals surface area (Å²) >= 11 is 0. The lowest BCUT2D eigenvalue weighted by Gasteiger charge is -2.23. The van der Waals surface area contributed by atoms with E-state index in [0.717, 1.165) is 38.1 Å². The largest absolute Gasteiger partial charge is 0.335 e. The molecule has 1 N–H and O–H groups in total. The first-order chi connectivity index (χ1) is 8.15. The summed E-state index contributed by atoms with van der Waals surface area (Å²) in [7, 11) is -3.03. The number of aryl methyl sites for hydroxylation is 1. The van der Waals surface area contributed by atoms with E-state index in [9.17, 15) is 8.42 Å². The zero-order valence-electron chi connectivity index (χ0n) is 9.67. The first kappa shape index (κ1) is 11.2. The summed E-state index contributed by atoms with van der Waals surface area (Å²) in [6.45, 7) is 1.51. The van der Waals surface area contributed by atoms with Crippen molar-refractivity contribution in [3.8, 4) is 0 Å². The van der Waals surface area contributed by atoms with Crippen molar-refractivity contribution in [1.82, 2.24) is 14.3 Å². The average molecular weight is 255 g/mol. The summed E-state index contributed by atoms with van der Waals surface area (Å²) < 4.78 is 28.3. The molecule has 0 saturated heterocycles. The SMILES string of the molecule is O=S(=O)(NCC1CCn2ccnc2C1)C1CC1. The van der Waals surface area contributed by atoms with Gasteiger partial charge >= 0.3 is 0 Å². The highest BCUT2D eigenvalue weighted by Gasteiger charge is 2.35. The fourth-order valence-electron chi connectivity index (χ4n) is 2.32. The van der Waals surface area contributed by atoms with Crippen LogP contribution in [0.15, 0.2) is 12.4 Å². The first-order valence-corrected chi connectivity index (χ1v) is 7.68. The molecule has 0 bridgehead atoms. The molecule has 3 rings (SSSR count). The van der Waals surface area contributed by atoms with E-state index in [1.165, 1.54) is 0 Å². The summed E-state index contributed by atoms with van der Waals surface area (Å²) in [6, 6.07) is 0. The molecule has 2 heterocycles. The van der Waals surface area contributed by atoms with E-state index in [-0.39, 0.29) is 5.25 Å². The summed E-state index contributed by atoms with van der Waals surface area (Å²) in [5.41, 5.74) is 0. The Morgan fingerprint density at radius 2 is 2.24 bits per heavy atom. The van der Waals surface area contributed by atoms with Crippen molar-refractivity contribution < 1.29 is 8.42 Å². The van der Waals surface area contributed by atoms with Gasteiger partial charge in [-0.05, 0) is 25.2 Å². The summed E-state index contributed by atoms with van der Waals surface area (Å²) in [4.78, 5) is 4.28. The van der Waals surface area contributed by atoms with Crippen molar-refractivity contribution in [3.05, 3.63) is 18.2 Å². The van der Waals surface area contributed by atoms with E-state index in [4.69, 9.17) is 0 Å². The predicted molar refractivity (Wildman–Crippen MR) is 64.0 cm³/mol. The third-order valence-electron chi connectivity index (χ3n) is 3.59. The van der Waals surface area contributed by atoms with Crippen LogP contribution < -0.4 is 4.72 Å². The number of imidazole rings is 1. The summed E-state index contributed by atoms with van der Waals surface area (Å²) in [5, 5.41) is -0.118. The Morgan fingerprint density at radius 3 is 3.00 bits per heavy atom. The summed E-state index contributed by atoms with van der Waals surface area (Å²) in [5.74, 6) is 1.46. The maximum Gasteiger partial charge on any atom is 0.214 e. The molecule has 94 valence electrons. The Bertz CT molecular complexity index is 505. The molecule has 0 amide bonds. The molecule has 1 atom stereocenters. The van der Waals surface area contributed by atoms with Gasteiger partial charge in [-0.15, -0.1) is 0 Å². The quantitative estimate of drug-likeness (QED) is 0.853. The molecular formula is C11H17N3O2S. The monoisotopic (exact) mass is 255 g/mol. The minimum atomic E-state index is -3.03. The molecule has 1 aromatic rings. The van der Waals surface area contributed by atoms with Crippen molar-refractivity contribution in [1.29, 1.82) is 0 Å². The van der Waals surface area contributed by atoms with Crippen LogP contribution in [0.4, 0.5) is 0 Å². The van der Waals surface area contributed by atoms with Gasteiger partial charge in [0.15, 0.2) is 0 Å². The molecule has 1 aliphatic heterocycles. The Kier molecular flexibility index (Phi) is 2.71. The van der Waals surface area contributed by atoms with Gasteiger partial charge in [0.05, 0.1) is 5.25 Å². The van der Waals surface area contributed by atoms with Gasteiger partial charge in [-0.2, -0.15) is 0 Å². The number of fused-ring (bicyclic) bond motifs is 1. The number of sulfonamides is 1. The van der Waals surface area contributed by atoms with Crippen LogP contribution in [0.3, 0.4) is 0 Å². The van der Waals surface area contributed by atoms with Crippen molar-refractivity contribution in [2.45, 2.75) is 37.5 Å². The fraction of sp³-hybridized carbons (Fsp3) is 0.727. The minimum absolute atomic E-state index is 0.118. The standard InChI is InChI=1S/C11H17N3O2S/c15-17(16,10-1-2-10)13-8-9-3-5-14-6-4-12-11(14)7-9/h4,6,9-10,13H,1-3,5,7-8H2. The second-order valence-electron chi connectivity index (χ2n) is 4.99.